The minimum Gasteiger partial charge on any atom is -0.497 e. The molecule has 0 aliphatic heterocycles. The van der Waals surface area contributed by atoms with Gasteiger partial charge in [0.25, 0.3) is 5.91 Å². The number of carbonyl (C=O) groups excluding carboxylic acids is 1. The third-order valence-corrected chi connectivity index (χ3v) is 3.40. The first-order valence-corrected chi connectivity index (χ1v) is 7.39. The molecule has 0 fully saturated rings. The van der Waals surface area contributed by atoms with Crippen molar-refractivity contribution in [2.24, 2.45) is 0 Å². The van der Waals surface area contributed by atoms with Gasteiger partial charge in [-0.15, -0.1) is 0 Å². The molecule has 1 atom stereocenters. The van der Waals surface area contributed by atoms with Crippen molar-refractivity contribution in [1.29, 1.82) is 0 Å². The molecule has 1 amide bonds. The van der Waals surface area contributed by atoms with Crippen LogP contribution in [-0.2, 0) is 4.79 Å². The van der Waals surface area contributed by atoms with E-state index in [0.717, 1.165) is 0 Å². The second kappa shape index (κ2) is 8.00. The number of hydrogen-bond donors (Lipinski definition) is 1. The maximum absolute atomic E-state index is 12.4. The van der Waals surface area contributed by atoms with E-state index in [0.29, 0.717) is 17.2 Å². The summed E-state index contributed by atoms with van der Waals surface area (Å²) in [5, 5.41) is 13.7. The Morgan fingerprint density at radius 1 is 1.12 bits per heavy atom. The number of nitro groups is 1. The zero-order valence-corrected chi connectivity index (χ0v) is 14.0. The molecule has 0 aliphatic rings. The molecule has 0 saturated heterocycles. The van der Waals surface area contributed by atoms with Crippen molar-refractivity contribution in [3.63, 3.8) is 0 Å². The van der Waals surface area contributed by atoms with Crippen LogP contribution < -0.4 is 19.5 Å². The van der Waals surface area contributed by atoms with Gasteiger partial charge in [0.05, 0.1) is 24.8 Å². The van der Waals surface area contributed by atoms with Crippen LogP contribution in [0.4, 0.5) is 11.4 Å². The van der Waals surface area contributed by atoms with E-state index in [-0.39, 0.29) is 11.4 Å². The Kier molecular flexibility index (Phi) is 5.78. The molecule has 0 unspecified atom stereocenters. The number of para-hydroxylation sites is 2. The normalized spacial score (nSPS) is 11.3. The molecule has 25 heavy (non-hydrogen) atoms. The predicted octanol–water partition coefficient (Wildman–Crippen LogP) is 3.02. The topological polar surface area (TPSA) is 99.9 Å². The number of anilines is 1. The van der Waals surface area contributed by atoms with Crippen LogP contribution in [0.1, 0.15) is 6.92 Å². The highest BCUT2D eigenvalue weighted by Gasteiger charge is 2.21. The highest BCUT2D eigenvalue weighted by Crippen LogP contribution is 2.30. The predicted molar refractivity (Wildman–Crippen MR) is 91.4 cm³/mol. The summed E-state index contributed by atoms with van der Waals surface area (Å²) in [7, 11) is 2.98. The molecule has 8 nitrogen and oxygen atoms in total. The summed E-state index contributed by atoms with van der Waals surface area (Å²) in [5.74, 6) is 0.535. The first-order chi connectivity index (χ1) is 12.0. The van der Waals surface area contributed by atoms with Gasteiger partial charge in [-0.3, -0.25) is 14.9 Å². The Labute approximate surface area is 144 Å². The highest BCUT2D eigenvalue weighted by atomic mass is 16.6. The summed E-state index contributed by atoms with van der Waals surface area (Å²) in [6.45, 7) is 1.50. The molecule has 0 heterocycles. The number of carbonyl (C=O) groups is 1. The molecule has 0 aromatic heterocycles. The van der Waals surface area contributed by atoms with Crippen molar-refractivity contribution in [2.75, 3.05) is 19.5 Å². The van der Waals surface area contributed by atoms with Crippen molar-refractivity contribution in [3.8, 4) is 17.2 Å². The minimum absolute atomic E-state index is 0.0211. The van der Waals surface area contributed by atoms with Gasteiger partial charge in [0.1, 0.15) is 11.5 Å². The lowest BCUT2D eigenvalue weighted by molar-refractivity contribution is -0.386. The molecule has 8 heteroatoms. The van der Waals surface area contributed by atoms with E-state index in [4.69, 9.17) is 14.2 Å². The van der Waals surface area contributed by atoms with Gasteiger partial charge in [0.2, 0.25) is 0 Å². The van der Waals surface area contributed by atoms with Gasteiger partial charge in [-0.25, -0.2) is 0 Å². The highest BCUT2D eigenvalue weighted by molar-refractivity contribution is 5.95. The molecule has 2 rings (SSSR count). The first-order valence-electron chi connectivity index (χ1n) is 7.39. The van der Waals surface area contributed by atoms with Gasteiger partial charge in [0, 0.05) is 12.1 Å². The van der Waals surface area contributed by atoms with Gasteiger partial charge in [0.15, 0.2) is 11.9 Å². The lowest BCUT2D eigenvalue weighted by Gasteiger charge is -2.16. The summed E-state index contributed by atoms with van der Waals surface area (Å²) in [6.07, 6.45) is -0.961. The zero-order chi connectivity index (χ0) is 18.4. The summed E-state index contributed by atoms with van der Waals surface area (Å²) in [4.78, 5) is 22.8. The van der Waals surface area contributed by atoms with E-state index in [2.05, 4.69) is 5.32 Å². The summed E-state index contributed by atoms with van der Waals surface area (Å²) >= 11 is 0. The SMILES string of the molecule is COc1ccc(OC)c(NC(=O)[C@H](C)Oc2ccccc2[N+](=O)[O-])c1. The zero-order valence-electron chi connectivity index (χ0n) is 14.0. The second-order valence-corrected chi connectivity index (χ2v) is 5.04. The third kappa shape index (κ3) is 4.37. The van der Waals surface area contributed by atoms with Gasteiger partial charge >= 0.3 is 5.69 Å². The van der Waals surface area contributed by atoms with Crippen molar-refractivity contribution < 1.29 is 23.9 Å². The van der Waals surface area contributed by atoms with E-state index < -0.39 is 16.9 Å². The molecule has 132 valence electrons. The van der Waals surface area contributed by atoms with Gasteiger partial charge in [-0.1, -0.05) is 12.1 Å². The van der Waals surface area contributed by atoms with E-state index >= 15 is 0 Å². The molecule has 0 bridgehead atoms. The Balaban J connectivity index is 2.15. The van der Waals surface area contributed by atoms with Crippen molar-refractivity contribution in [2.45, 2.75) is 13.0 Å². The van der Waals surface area contributed by atoms with Gasteiger partial charge in [-0.05, 0) is 25.1 Å². The minimum atomic E-state index is -0.961. The van der Waals surface area contributed by atoms with Crippen molar-refractivity contribution in [3.05, 3.63) is 52.6 Å². The van der Waals surface area contributed by atoms with Crippen LogP contribution in [-0.4, -0.2) is 31.2 Å². The number of nitro benzene ring substituents is 1. The largest absolute Gasteiger partial charge is 0.497 e. The van der Waals surface area contributed by atoms with Crippen LogP contribution in [0.3, 0.4) is 0 Å². The smallest absolute Gasteiger partial charge is 0.310 e. The molecule has 0 spiro atoms. The van der Waals surface area contributed by atoms with E-state index in [1.54, 1.807) is 24.3 Å². The van der Waals surface area contributed by atoms with Gasteiger partial charge in [-0.2, -0.15) is 0 Å². The van der Waals surface area contributed by atoms with E-state index in [1.165, 1.54) is 39.3 Å². The molecule has 0 saturated carbocycles. The third-order valence-electron chi connectivity index (χ3n) is 3.40. The molecule has 1 N–H and O–H groups in total. The monoisotopic (exact) mass is 346 g/mol. The van der Waals surface area contributed by atoms with E-state index in [9.17, 15) is 14.9 Å². The Morgan fingerprint density at radius 2 is 1.84 bits per heavy atom. The number of nitrogens with zero attached hydrogens (tertiary/aromatic N) is 1. The molecule has 0 radical (unpaired) electrons. The van der Waals surface area contributed by atoms with Crippen LogP contribution >= 0.6 is 0 Å². The lowest BCUT2D eigenvalue weighted by Crippen LogP contribution is -2.30. The Morgan fingerprint density at radius 3 is 2.48 bits per heavy atom. The number of methoxy groups -OCH3 is 2. The van der Waals surface area contributed by atoms with Crippen LogP contribution in [0.5, 0.6) is 17.2 Å². The molecular weight excluding hydrogens is 328 g/mol. The first kappa shape index (κ1) is 18.1. The molecule has 2 aromatic carbocycles. The lowest BCUT2D eigenvalue weighted by atomic mass is 10.2. The van der Waals surface area contributed by atoms with Crippen LogP contribution in [0.25, 0.3) is 0 Å². The maximum Gasteiger partial charge on any atom is 0.310 e. The number of nitrogens with one attached hydrogen (secondary N) is 1. The Bertz CT molecular complexity index is 777. The summed E-state index contributed by atoms with van der Waals surface area (Å²) in [5.41, 5.74) is 0.200. The van der Waals surface area contributed by atoms with Crippen LogP contribution in [0.15, 0.2) is 42.5 Å². The summed E-state index contributed by atoms with van der Waals surface area (Å²) < 4.78 is 15.8. The fourth-order valence-corrected chi connectivity index (χ4v) is 2.10. The fourth-order valence-electron chi connectivity index (χ4n) is 2.10. The van der Waals surface area contributed by atoms with Crippen LogP contribution in [0, 0.1) is 10.1 Å². The van der Waals surface area contributed by atoms with E-state index in [1.807, 2.05) is 0 Å². The van der Waals surface area contributed by atoms with Crippen molar-refractivity contribution >= 4 is 17.3 Å². The molecular formula is C17H18N2O6. The molecule has 0 aliphatic carbocycles. The van der Waals surface area contributed by atoms with Gasteiger partial charge < -0.3 is 19.5 Å². The average molecular weight is 346 g/mol. The average Bonchev–Trinajstić information content (AvgIpc) is 2.61. The standard InChI is InChI=1S/C17H18N2O6/c1-11(25-16-7-5-4-6-14(16)19(21)22)17(20)18-13-10-12(23-2)8-9-15(13)24-3/h4-11H,1-3H3,(H,18,20)/t11-/m0/s1. The molecule has 2 aromatic rings. The quantitative estimate of drug-likeness (QED) is 0.611. The maximum atomic E-state index is 12.4. The number of benzene rings is 2. The fraction of sp³-hybridized carbons (Fsp3) is 0.235. The number of rotatable bonds is 7. The second-order valence-electron chi connectivity index (χ2n) is 5.04. The number of amides is 1. The Hall–Kier alpha value is -3.29. The number of ether oxygens (including phenoxy) is 3. The number of hydrogen-bond acceptors (Lipinski definition) is 6. The summed E-state index contributed by atoms with van der Waals surface area (Å²) in [6, 6.07) is 10.8. The van der Waals surface area contributed by atoms with Crippen molar-refractivity contribution in [1.82, 2.24) is 0 Å². The van der Waals surface area contributed by atoms with Crippen LogP contribution in [0.2, 0.25) is 0 Å².